The molecule has 0 aliphatic heterocycles. The van der Waals surface area contributed by atoms with Gasteiger partial charge < -0.3 is 5.32 Å². The number of halogens is 1. The number of aryl methyl sites for hydroxylation is 1. The van der Waals surface area contributed by atoms with Crippen LogP contribution in [0.2, 0.25) is 0 Å². The molecule has 0 saturated carbocycles. The van der Waals surface area contributed by atoms with Crippen molar-refractivity contribution in [3.63, 3.8) is 0 Å². The fraction of sp³-hybridized carbons (Fsp3) is 0.200. The van der Waals surface area contributed by atoms with E-state index >= 15 is 0 Å². The highest BCUT2D eigenvalue weighted by molar-refractivity contribution is 9.10. The van der Waals surface area contributed by atoms with Crippen LogP contribution < -0.4 is 5.32 Å². The molecule has 94 valence electrons. The second kappa shape index (κ2) is 6.41. The smallest absolute Gasteiger partial charge is 0.0202 e. The van der Waals surface area contributed by atoms with Gasteiger partial charge in [-0.3, -0.25) is 0 Å². The van der Waals surface area contributed by atoms with Crippen LogP contribution >= 0.6 is 27.7 Å². The predicted octanol–water partition coefficient (Wildman–Crippen LogP) is 4.63. The molecule has 1 nitrogen and oxygen atoms in total. The largest absolute Gasteiger partial charge is 0.316 e. The molecular weight excluding hydrogens is 306 g/mol. The Hall–Kier alpha value is -0.770. The Morgan fingerprint density at radius 1 is 1.17 bits per heavy atom. The lowest BCUT2D eigenvalue weighted by Crippen LogP contribution is -2.05. The van der Waals surface area contributed by atoms with E-state index in [-0.39, 0.29) is 0 Å². The summed E-state index contributed by atoms with van der Waals surface area (Å²) in [4.78, 5) is 2.57. The molecule has 18 heavy (non-hydrogen) atoms. The van der Waals surface area contributed by atoms with Crippen LogP contribution in [-0.2, 0) is 6.54 Å². The monoisotopic (exact) mass is 321 g/mol. The number of benzene rings is 2. The minimum Gasteiger partial charge on any atom is -0.316 e. The van der Waals surface area contributed by atoms with Gasteiger partial charge in [-0.2, -0.15) is 0 Å². The molecule has 0 amide bonds. The molecule has 2 aromatic rings. The molecule has 0 unspecified atom stereocenters. The first-order chi connectivity index (χ1) is 8.69. The summed E-state index contributed by atoms with van der Waals surface area (Å²) in [6.07, 6.45) is 0. The molecule has 0 radical (unpaired) electrons. The third kappa shape index (κ3) is 3.61. The van der Waals surface area contributed by atoms with Gasteiger partial charge in [0.25, 0.3) is 0 Å². The van der Waals surface area contributed by atoms with Crippen LogP contribution in [0.15, 0.2) is 56.7 Å². The second-order valence-electron chi connectivity index (χ2n) is 4.19. The Morgan fingerprint density at radius 3 is 2.67 bits per heavy atom. The standard InChI is InChI=1S/C15H16BrNS/c1-11-8-12(10-17-2)6-7-15(11)18-14-5-3-4-13(16)9-14/h3-9,17H,10H2,1-2H3. The Kier molecular flexibility index (Phi) is 4.87. The maximum absolute atomic E-state index is 3.50. The molecule has 0 atom stereocenters. The zero-order chi connectivity index (χ0) is 13.0. The van der Waals surface area contributed by atoms with E-state index in [2.05, 4.69) is 64.6 Å². The predicted molar refractivity (Wildman–Crippen MR) is 82.2 cm³/mol. The highest BCUT2D eigenvalue weighted by Gasteiger charge is 2.03. The van der Waals surface area contributed by atoms with Gasteiger partial charge in [0.15, 0.2) is 0 Å². The van der Waals surface area contributed by atoms with Gasteiger partial charge in [0.05, 0.1) is 0 Å². The molecular formula is C15H16BrNS. The minimum absolute atomic E-state index is 0.919. The van der Waals surface area contributed by atoms with Gasteiger partial charge in [0.1, 0.15) is 0 Å². The quantitative estimate of drug-likeness (QED) is 0.881. The molecule has 0 bridgehead atoms. The topological polar surface area (TPSA) is 12.0 Å². The van der Waals surface area contributed by atoms with E-state index in [1.807, 2.05) is 13.1 Å². The summed E-state index contributed by atoms with van der Waals surface area (Å²) < 4.78 is 1.12. The normalized spacial score (nSPS) is 10.6. The van der Waals surface area contributed by atoms with Crippen LogP contribution in [0.25, 0.3) is 0 Å². The number of nitrogens with one attached hydrogen (secondary N) is 1. The van der Waals surface area contributed by atoms with Crippen molar-refractivity contribution in [2.24, 2.45) is 0 Å². The van der Waals surface area contributed by atoms with Gasteiger partial charge in [-0.1, -0.05) is 45.9 Å². The van der Waals surface area contributed by atoms with Crippen molar-refractivity contribution in [2.45, 2.75) is 23.3 Å². The van der Waals surface area contributed by atoms with Crippen molar-refractivity contribution in [1.29, 1.82) is 0 Å². The second-order valence-corrected chi connectivity index (χ2v) is 6.22. The van der Waals surface area contributed by atoms with E-state index in [0.29, 0.717) is 0 Å². The van der Waals surface area contributed by atoms with Gasteiger partial charge >= 0.3 is 0 Å². The van der Waals surface area contributed by atoms with E-state index in [1.165, 1.54) is 20.9 Å². The molecule has 0 heterocycles. The van der Waals surface area contributed by atoms with Crippen LogP contribution in [0, 0.1) is 6.92 Å². The zero-order valence-electron chi connectivity index (χ0n) is 10.5. The van der Waals surface area contributed by atoms with Gasteiger partial charge in [0, 0.05) is 20.8 Å². The highest BCUT2D eigenvalue weighted by atomic mass is 79.9. The summed E-state index contributed by atoms with van der Waals surface area (Å²) in [5, 5.41) is 3.17. The summed E-state index contributed by atoms with van der Waals surface area (Å²) in [5.74, 6) is 0. The van der Waals surface area contributed by atoms with Crippen LogP contribution in [0.4, 0.5) is 0 Å². The minimum atomic E-state index is 0.919. The Labute approximate surface area is 121 Å². The van der Waals surface area contributed by atoms with Crippen LogP contribution in [0.5, 0.6) is 0 Å². The van der Waals surface area contributed by atoms with Gasteiger partial charge in [-0.05, 0) is 49.4 Å². The molecule has 0 aromatic heterocycles. The van der Waals surface area contributed by atoms with E-state index in [4.69, 9.17) is 0 Å². The fourth-order valence-electron chi connectivity index (χ4n) is 1.80. The molecule has 3 heteroatoms. The molecule has 2 rings (SSSR count). The summed E-state index contributed by atoms with van der Waals surface area (Å²) >= 11 is 5.31. The first-order valence-electron chi connectivity index (χ1n) is 5.86. The highest BCUT2D eigenvalue weighted by Crippen LogP contribution is 2.32. The van der Waals surface area contributed by atoms with Crippen LogP contribution in [0.3, 0.4) is 0 Å². The summed E-state index contributed by atoms with van der Waals surface area (Å²) in [5.41, 5.74) is 2.65. The van der Waals surface area contributed by atoms with Crippen LogP contribution in [0.1, 0.15) is 11.1 Å². The summed E-state index contributed by atoms with van der Waals surface area (Å²) in [7, 11) is 1.97. The first kappa shape index (κ1) is 13.7. The van der Waals surface area contributed by atoms with Crippen molar-refractivity contribution >= 4 is 27.7 Å². The van der Waals surface area contributed by atoms with E-state index < -0.39 is 0 Å². The van der Waals surface area contributed by atoms with Gasteiger partial charge in [0.2, 0.25) is 0 Å². The van der Waals surface area contributed by atoms with E-state index in [0.717, 1.165) is 11.0 Å². The zero-order valence-corrected chi connectivity index (χ0v) is 12.9. The third-order valence-electron chi connectivity index (χ3n) is 2.64. The maximum atomic E-state index is 3.50. The average Bonchev–Trinajstić information content (AvgIpc) is 2.33. The lowest BCUT2D eigenvalue weighted by Gasteiger charge is -2.08. The molecule has 0 fully saturated rings. The van der Waals surface area contributed by atoms with Crippen molar-refractivity contribution in [1.82, 2.24) is 5.32 Å². The average molecular weight is 322 g/mol. The fourth-order valence-corrected chi connectivity index (χ4v) is 3.29. The molecule has 0 spiro atoms. The number of rotatable bonds is 4. The maximum Gasteiger partial charge on any atom is 0.0202 e. The Morgan fingerprint density at radius 2 is 2.00 bits per heavy atom. The number of hydrogen-bond acceptors (Lipinski definition) is 2. The molecule has 0 aliphatic rings. The SMILES string of the molecule is CNCc1ccc(Sc2cccc(Br)c2)c(C)c1. The lowest BCUT2D eigenvalue weighted by atomic mass is 10.1. The van der Waals surface area contributed by atoms with E-state index in [9.17, 15) is 0 Å². The van der Waals surface area contributed by atoms with Crippen LogP contribution in [-0.4, -0.2) is 7.05 Å². The number of hydrogen-bond donors (Lipinski definition) is 1. The Balaban J connectivity index is 2.19. The molecule has 0 aliphatic carbocycles. The van der Waals surface area contributed by atoms with Crippen molar-refractivity contribution in [3.8, 4) is 0 Å². The first-order valence-corrected chi connectivity index (χ1v) is 7.47. The molecule has 1 N–H and O–H groups in total. The van der Waals surface area contributed by atoms with Crippen molar-refractivity contribution < 1.29 is 0 Å². The third-order valence-corrected chi connectivity index (χ3v) is 4.30. The van der Waals surface area contributed by atoms with Crippen molar-refractivity contribution in [2.75, 3.05) is 7.05 Å². The van der Waals surface area contributed by atoms with E-state index in [1.54, 1.807) is 11.8 Å². The Bertz CT molecular complexity index is 540. The molecule has 0 saturated heterocycles. The molecule has 2 aromatic carbocycles. The lowest BCUT2D eigenvalue weighted by molar-refractivity contribution is 0.815. The van der Waals surface area contributed by atoms with Crippen molar-refractivity contribution in [3.05, 3.63) is 58.1 Å². The van der Waals surface area contributed by atoms with Gasteiger partial charge in [-0.15, -0.1) is 0 Å². The van der Waals surface area contributed by atoms with Gasteiger partial charge in [-0.25, -0.2) is 0 Å². The summed E-state index contributed by atoms with van der Waals surface area (Å²) in [6.45, 7) is 3.09. The summed E-state index contributed by atoms with van der Waals surface area (Å²) in [6, 6.07) is 15.0.